The standard InChI is InChI=1S/C12H24O2.C7H8/c1-2-3-4-5-6-7-8-9-10-11-12(13)14;1-7-5-3-2-4-6-7/h2-11H2,1H3,(H,13,14);2-6H,1H3. The molecule has 0 aromatic heterocycles. The highest BCUT2D eigenvalue weighted by Gasteiger charge is 1.96. The van der Waals surface area contributed by atoms with E-state index in [1.807, 2.05) is 18.2 Å². The van der Waals surface area contributed by atoms with E-state index < -0.39 is 5.97 Å². The monoisotopic (exact) mass is 292 g/mol. The zero-order valence-corrected chi connectivity index (χ0v) is 13.8. The number of unbranched alkanes of at least 4 members (excludes halogenated alkanes) is 8. The van der Waals surface area contributed by atoms with Gasteiger partial charge in [0.2, 0.25) is 0 Å². The Morgan fingerprint density at radius 2 is 1.33 bits per heavy atom. The van der Waals surface area contributed by atoms with Gasteiger partial charge in [-0.1, -0.05) is 94.2 Å². The third-order valence-electron chi connectivity index (χ3n) is 3.43. The van der Waals surface area contributed by atoms with E-state index in [4.69, 9.17) is 5.11 Å². The lowest BCUT2D eigenvalue weighted by molar-refractivity contribution is -0.137. The fourth-order valence-electron chi connectivity index (χ4n) is 2.12. The molecule has 1 N–H and O–H groups in total. The van der Waals surface area contributed by atoms with Gasteiger partial charge in [-0.05, 0) is 13.3 Å². The average molecular weight is 292 g/mol. The summed E-state index contributed by atoms with van der Waals surface area (Å²) in [7, 11) is 0. The number of hydrogen-bond acceptors (Lipinski definition) is 1. The molecule has 0 amide bonds. The van der Waals surface area contributed by atoms with Gasteiger partial charge in [0.05, 0.1) is 0 Å². The van der Waals surface area contributed by atoms with Crippen LogP contribution in [0.1, 0.15) is 76.7 Å². The Morgan fingerprint density at radius 3 is 1.71 bits per heavy atom. The van der Waals surface area contributed by atoms with Gasteiger partial charge in [0, 0.05) is 6.42 Å². The van der Waals surface area contributed by atoms with Crippen molar-refractivity contribution in [2.75, 3.05) is 0 Å². The van der Waals surface area contributed by atoms with Gasteiger partial charge in [-0.25, -0.2) is 0 Å². The van der Waals surface area contributed by atoms with Gasteiger partial charge < -0.3 is 5.11 Å². The minimum absolute atomic E-state index is 0.343. The second-order valence-corrected chi connectivity index (χ2v) is 5.63. The maximum absolute atomic E-state index is 10.2. The van der Waals surface area contributed by atoms with Crippen molar-refractivity contribution in [1.82, 2.24) is 0 Å². The molecule has 0 unspecified atom stereocenters. The Hall–Kier alpha value is -1.31. The Morgan fingerprint density at radius 1 is 0.857 bits per heavy atom. The smallest absolute Gasteiger partial charge is 0.303 e. The van der Waals surface area contributed by atoms with Crippen LogP contribution >= 0.6 is 0 Å². The Bertz CT molecular complexity index is 333. The topological polar surface area (TPSA) is 37.3 Å². The summed E-state index contributed by atoms with van der Waals surface area (Å²) in [5.41, 5.74) is 1.32. The molecule has 0 aliphatic heterocycles. The summed E-state index contributed by atoms with van der Waals surface area (Å²) in [6.45, 7) is 4.31. The highest BCUT2D eigenvalue weighted by Crippen LogP contribution is 2.10. The van der Waals surface area contributed by atoms with Crippen molar-refractivity contribution in [2.24, 2.45) is 0 Å². The van der Waals surface area contributed by atoms with Crippen molar-refractivity contribution in [3.63, 3.8) is 0 Å². The summed E-state index contributed by atoms with van der Waals surface area (Å²) in [5.74, 6) is -0.659. The number of carboxylic acids is 1. The van der Waals surface area contributed by atoms with E-state index in [2.05, 4.69) is 26.0 Å². The highest BCUT2D eigenvalue weighted by molar-refractivity contribution is 5.66. The quantitative estimate of drug-likeness (QED) is 0.538. The molecule has 2 heteroatoms. The molecule has 0 saturated carbocycles. The minimum atomic E-state index is -0.659. The molecular weight excluding hydrogens is 260 g/mol. The fourth-order valence-corrected chi connectivity index (χ4v) is 2.12. The third-order valence-corrected chi connectivity index (χ3v) is 3.43. The molecule has 120 valence electrons. The third kappa shape index (κ3) is 16.6. The number of rotatable bonds is 10. The van der Waals surface area contributed by atoms with Crippen LogP contribution in [0.3, 0.4) is 0 Å². The predicted octanol–water partition coefficient (Wildman–Crippen LogP) is 5.99. The zero-order valence-electron chi connectivity index (χ0n) is 13.8. The summed E-state index contributed by atoms with van der Waals surface area (Å²) in [6.07, 6.45) is 11.5. The SMILES string of the molecule is CCCCCCCCCCCC(=O)O.Cc1ccccc1. The van der Waals surface area contributed by atoms with Gasteiger partial charge in [0.1, 0.15) is 0 Å². The Balaban J connectivity index is 0.000000471. The van der Waals surface area contributed by atoms with Crippen molar-refractivity contribution in [3.8, 4) is 0 Å². The van der Waals surface area contributed by atoms with Crippen LogP contribution in [0.4, 0.5) is 0 Å². The molecule has 0 radical (unpaired) electrons. The van der Waals surface area contributed by atoms with Crippen LogP contribution in [0.2, 0.25) is 0 Å². The molecule has 0 aliphatic rings. The highest BCUT2D eigenvalue weighted by atomic mass is 16.4. The zero-order chi connectivity index (χ0) is 15.8. The van der Waals surface area contributed by atoms with Crippen LogP contribution in [0.15, 0.2) is 30.3 Å². The molecule has 1 rings (SSSR count). The lowest BCUT2D eigenvalue weighted by atomic mass is 10.1. The first-order chi connectivity index (χ1) is 10.2. The van der Waals surface area contributed by atoms with Crippen LogP contribution in [-0.2, 0) is 4.79 Å². The second kappa shape index (κ2) is 15.1. The Labute approximate surface area is 130 Å². The van der Waals surface area contributed by atoms with Gasteiger partial charge in [0.25, 0.3) is 0 Å². The number of carboxylic acid groups (broad SMARTS) is 1. The van der Waals surface area contributed by atoms with Gasteiger partial charge in [0.15, 0.2) is 0 Å². The molecule has 2 nitrogen and oxygen atoms in total. The maximum Gasteiger partial charge on any atom is 0.303 e. The second-order valence-electron chi connectivity index (χ2n) is 5.63. The van der Waals surface area contributed by atoms with Gasteiger partial charge >= 0.3 is 5.97 Å². The average Bonchev–Trinajstić information content (AvgIpc) is 2.47. The van der Waals surface area contributed by atoms with Crippen molar-refractivity contribution < 1.29 is 9.90 Å². The van der Waals surface area contributed by atoms with Crippen molar-refractivity contribution in [1.29, 1.82) is 0 Å². The lowest BCUT2D eigenvalue weighted by Gasteiger charge is -2.00. The molecule has 0 heterocycles. The van der Waals surface area contributed by atoms with E-state index >= 15 is 0 Å². The van der Waals surface area contributed by atoms with Crippen molar-refractivity contribution in [3.05, 3.63) is 35.9 Å². The minimum Gasteiger partial charge on any atom is -0.481 e. The first-order valence-corrected chi connectivity index (χ1v) is 8.40. The molecule has 1 aromatic carbocycles. The molecule has 21 heavy (non-hydrogen) atoms. The molecule has 0 atom stereocenters. The number of carbonyl (C=O) groups is 1. The summed E-state index contributed by atoms with van der Waals surface area (Å²) in [6, 6.07) is 10.3. The molecule has 0 spiro atoms. The van der Waals surface area contributed by atoms with Crippen LogP contribution in [0, 0.1) is 6.92 Å². The van der Waals surface area contributed by atoms with E-state index in [1.165, 1.54) is 50.5 Å². The summed E-state index contributed by atoms with van der Waals surface area (Å²) >= 11 is 0. The van der Waals surface area contributed by atoms with E-state index in [-0.39, 0.29) is 0 Å². The number of benzene rings is 1. The lowest BCUT2D eigenvalue weighted by Crippen LogP contribution is -1.93. The van der Waals surface area contributed by atoms with E-state index in [9.17, 15) is 4.79 Å². The van der Waals surface area contributed by atoms with E-state index in [0.717, 1.165) is 12.8 Å². The Kier molecular flexibility index (Phi) is 14.1. The van der Waals surface area contributed by atoms with Crippen LogP contribution in [0.5, 0.6) is 0 Å². The predicted molar refractivity (Wildman–Crippen MR) is 90.7 cm³/mol. The van der Waals surface area contributed by atoms with E-state index in [0.29, 0.717) is 6.42 Å². The molecule has 0 saturated heterocycles. The van der Waals surface area contributed by atoms with Gasteiger partial charge in [-0.2, -0.15) is 0 Å². The first-order valence-electron chi connectivity index (χ1n) is 8.40. The van der Waals surface area contributed by atoms with Crippen LogP contribution in [-0.4, -0.2) is 11.1 Å². The van der Waals surface area contributed by atoms with E-state index in [1.54, 1.807) is 0 Å². The number of hydrogen-bond donors (Lipinski definition) is 1. The number of aryl methyl sites for hydroxylation is 1. The fraction of sp³-hybridized carbons (Fsp3) is 0.632. The molecule has 0 aliphatic carbocycles. The molecule has 1 aromatic rings. The maximum atomic E-state index is 10.2. The first kappa shape index (κ1) is 19.7. The summed E-state index contributed by atoms with van der Waals surface area (Å²) in [5, 5.41) is 8.41. The van der Waals surface area contributed by atoms with Gasteiger partial charge in [-0.3, -0.25) is 4.79 Å². The van der Waals surface area contributed by atoms with Crippen molar-refractivity contribution in [2.45, 2.75) is 78.1 Å². The largest absolute Gasteiger partial charge is 0.481 e. The van der Waals surface area contributed by atoms with Crippen LogP contribution in [0.25, 0.3) is 0 Å². The number of aliphatic carboxylic acids is 1. The molecule has 0 bridgehead atoms. The van der Waals surface area contributed by atoms with Crippen LogP contribution < -0.4 is 0 Å². The van der Waals surface area contributed by atoms with Crippen molar-refractivity contribution >= 4 is 5.97 Å². The van der Waals surface area contributed by atoms with Gasteiger partial charge in [-0.15, -0.1) is 0 Å². The molecule has 0 fully saturated rings. The normalized spacial score (nSPS) is 9.81. The summed E-state index contributed by atoms with van der Waals surface area (Å²) < 4.78 is 0. The summed E-state index contributed by atoms with van der Waals surface area (Å²) in [4.78, 5) is 10.2. The molecular formula is C19H32O2.